The van der Waals surface area contributed by atoms with Crippen molar-refractivity contribution >= 4 is 17.7 Å². The number of ether oxygens (including phenoxy) is 2. The molecule has 0 radical (unpaired) electrons. The Morgan fingerprint density at radius 2 is 0.905 bits per heavy atom. The zero-order chi connectivity index (χ0) is 30.0. The Balaban J connectivity index is 0.000000177. The highest BCUT2D eigenvalue weighted by atomic mass is 16.5. The van der Waals surface area contributed by atoms with Gasteiger partial charge in [-0.25, -0.2) is 4.79 Å². The van der Waals surface area contributed by atoms with Gasteiger partial charge in [0.2, 0.25) is 0 Å². The number of para-hydroxylation sites is 1. The normalized spacial score (nSPS) is 9.64. The Kier molecular flexibility index (Phi) is 12.8. The van der Waals surface area contributed by atoms with Gasteiger partial charge in [0.05, 0.1) is 0 Å². The van der Waals surface area contributed by atoms with Gasteiger partial charge >= 0.3 is 11.9 Å². The molecule has 42 heavy (non-hydrogen) atoms. The van der Waals surface area contributed by atoms with E-state index < -0.39 is 5.97 Å². The highest BCUT2D eigenvalue weighted by Crippen LogP contribution is 2.17. The third kappa shape index (κ3) is 10.9. The quantitative estimate of drug-likeness (QED) is 0.165. The summed E-state index contributed by atoms with van der Waals surface area (Å²) in [5.74, 6) is -0.752. The molecule has 0 bridgehead atoms. The van der Waals surface area contributed by atoms with E-state index in [0.29, 0.717) is 6.61 Å². The first kappa shape index (κ1) is 31.0. The second-order valence-corrected chi connectivity index (χ2v) is 8.91. The summed E-state index contributed by atoms with van der Waals surface area (Å²) >= 11 is 0. The maximum atomic E-state index is 11.8. The lowest BCUT2D eigenvalue weighted by Gasteiger charge is -2.05. The van der Waals surface area contributed by atoms with E-state index in [1.54, 1.807) is 12.1 Å². The largest absolute Gasteiger partial charge is 0.507 e. The lowest BCUT2D eigenvalue weighted by Crippen LogP contribution is -2.05. The summed E-state index contributed by atoms with van der Waals surface area (Å²) in [6.07, 6.45) is 0. The summed E-state index contributed by atoms with van der Waals surface area (Å²) in [5.41, 5.74) is 3.58. The first-order chi connectivity index (χ1) is 20.4. The molecule has 0 fully saturated rings. The molecule has 6 heteroatoms. The van der Waals surface area contributed by atoms with Gasteiger partial charge in [-0.3, -0.25) is 9.59 Å². The SMILES string of the molecule is CC(=O)OCc1ccccc1.O=C(OCc1ccccc1)c1ccccc1O.O=C(c1ccccc1)c1ccccc1. The maximum absolute atomic E-state index is 11.8. The molecule has 5 aromatic rings. The van der Waals surface area contributed by atoms with Crippen molar-refractivity contribution in [1.29, 1.82) is 0 Å². The minimum absolute atomic E-state index is 0.0643. The van der Waals surface area contributed by atoms with Crippen molar-refractivity contribution in [2.75, 3.05) is 0 Å². The van der Waals surface area contributed by atoms with Gasteiger partial charge in [-0.05, 0) is 23.3 Å². The van der Waals surface area contributed by atoms with E-state index in [2.05, 4.69) is 0 Å². The number of ketones is 1. The van der Waals surface area contributed by atoms with E-state index in [-0.39, 0.29) is 29.7 Å². The topological polar surface area (TPSA) is 89.9 Å². The molecule has 0 aliphatic carbocycles. The molecule has 0 saturated carbocycles. The fraction of sp³-hybridized carbons (Fsp3) is 0.0833. The van der Waals surface area contributed by atoms with Crippen LogP contribution in [0, 0.1) is 0 Å². The average molecular weight is 561 g/mol. The van der Waals surface area contributed by atoms with Crippen molar-refractivity contribution in [3.8, 4) is 5.75 Å². The van der Waals surface area contributed by atoms with E-state index >= 15 is 0 Å². The molecular weight excluding hydrogens is 528 g/mol. The van der Waals surface area contributed by atoms with Crippen molar-refractivity contribution in [2.24, 2.45) is 0 Å². The van der Waals surface area contributed by atoms with Gasteiger partial charge in [-0.15, -0.1) is 0 Å². The minimum Gasteiger partial charge on any atom is -0.507 e. The van der Waals surface area contributed by atoms with Crippen molar-refractivity contribution in [3.63, 3.8) is 0 Å². The lowest BCUT2D eigenvalue weighted by molar-refractivity contribution is -0.142. The number of rotatable bonds is 7. The van der Waals surface area contributed by atoms with Gasteiger partial charge in [0.1, 0.15) is 24.5 Å². The zero-order valence-corrected chi connectivity index (χ0v) is 23.3. The molecule has 0 heterocycles. The highest BCUT2D eigenvalue weighted by molar-refractivity contribution is 6.08. The van der Waals surface area contributed by atoms with E-state index in [9.17, 15) is 19.5 Å². The Hall–Kier alpha value is -5.49. The molecule has 0 aliphatic heterocycles. The molecule has 0 amide bonds. The Labute approximate surface area is 245 Å². The number of hydrogen-bond donors (Lipinski definition) is 1. The minimum atomic E-state index is -0.521. The van der Waals surface area contributed by atoms with Crippen LogP contribution in [-0.4, -0.2) is 22.8 Å². The van der Waals surface area contributed by atoms with Gasteiger partial charge in [0, 0.05) is 18.1 Å². The second kappa shape index (κ2) is 17.3. The van der Waals surface area contributed by atoms with Crippen molar-refractivity contribution in [3.05, 3.63) is 173 Å². The van der Waals surface area contributed by atoms with Crippen LogP contribution in [-0.2, 0) is 27.5 Å². The summed E-state index contributed by atoms with van der Waals surface area (Å²) in [6.45, 7) is 1.98. The number of benzene rings is 5. The van der Waals surface area contributed by atoms with E-state index in [4.69, 9.17) is 9.47 Å². The standard InChI is InChI=1S/C14H12O3.C13H10O.C9H10O2/c15-13-9-5-4-8-12(13)14(16)17-10-11-6-2-1-3-7-11;14-13(11-7-3-1-4-8-11)12-9-5-2-6-10-12;1-8(10)11-7-9-5-3-2-4-6-9/h1-9,15H,10H2;1-10H;2-6H,7H2,1H3. The molecule has 5 rings (SSSR count). The molecule has 0 spiro atoms. The predicted octanol–water partition coefficient (Wildman–Crippen LogP) is 7.42. The number of phenols is 1. The summed E-state index contributed by atoms with van der Waals surface area (Å²) in [5, 5.41) is 9.48. The van der Waals surface area contributed by atoms with Crippen LogP contribution in [0.5, 0.6) is 5.75 Å². The van der Waals surface area contributed by atoms with Gasteiger partial charge in [-0.1, -0.05) is 133 Å². The number of esters is 2. The molecule has 0 aromatic heterocycles. The molecule has 0 unspecified atom stereocenters. The van der Waals surface area contributed by atoms with Crippen LogP contribution >= 0.6 is 0 Å². The van der Waals surface area contributed by atoms with Gasteiger partial charge in [0.15, 0.2) is 5.78 Å². The molecule has 0 atom stereocenters. The third-order valence-corrected chi connectivity index (χ3v) is 5.69. The zero-order valence-electron chi connectivity index (χ0n) is 23.3. The van der Waals surface area contributed by atoms with E-state index in [0.717, 1.165) is 22.3 Å². The third-order valence-electron chi connectivity index (χ3n) is 5.69. The number of aromatic hydroxyl groups is 1. The van der Waals surface area contributed by atoms with Crippen molar-refractivity contribution < 1.29 is 29.0 Å². The fourth-order valence-electron chi connectivity index (χ4n) is 3.55. The molecule has 212 valence electrons. The van der Waals surface area contributed by atoms with Crippen LogP contribution < -0.4 is 0 Å². The van der Waals surface area contributed by atoms with Crippen LogP contribution in [0.2, 0.25) is 0 Å². The van der Waals surface area contributed by atoms with E-state index in [1.165, 1.54) is 19.1 Å². The lowest BCUT2D eigenvalue weighted by atomic mass is 10.0. The Morgan fingerprint density at radius 1 is 0.524 bits per heavy atom. The molecule has 6 nitrogen and oxygen atoms in total. The van der Waals surface area contributed by atoms with Crippen LogP contribution in [0.15, 0.2) is 146 Å². The molecule has 0 aliphatic rings. The second-order valence-electron chi connectivity index (χ2n) is 8.91. The van der Waals surface area contributed by atoms with Crippen LogP contribution in [0.1, 0.15) is 44.3 Å². The van der Waals surface area contributed by atoms with Crippen LogP contribution in [0.25, 0.3) is 0 Å². The molecular formula is C36H32O6. The van der Waals surface area contributed by atoms with Crippen LogP contribution in [0.3, 0.4) is 0 Å². The highest BCUT2D eigenvalue weighted by Gasteiger charge is 2.11. The maximum Gasteiger partial charge on any atom is 0.342 e. The number of phenolic OH excluding ortho intramolecular Hbond substituents is 1. The Morgan fingerprint density at radius 3 is 1.33 bits per heavy atom. The molecule has 0 saturated heterocycles. The van der Waals surface area contributed by atoms with Crippen molar-refractivity contribution in [2.45, 2.75) is 20.1 Å². The summed E-state index contributed by atoms with van der Waals surface area (Å²) < 4.78 is 9.89. The summed E-state index contributed by atoms with van der Waals surface area (Å²) in [6, 6.07) is 43.9. The van der Waals surface area contributed by atoms with Crippen molar-refractivity contribution in [1.82, 2.24) is 0 Å². The first-order valence-corrected chi connectivity index (χ1v) is 13.2. The van der Waals surface area contributed by atoms with Gasteiger partial charge in [-0.2, -0.15) is 0 Å². The number of carbonyl (C=O) groups is 3. The predicted molar refractivity (Wildman–Crippen MR) is 162 cm³/mol. The fourth-order valence-corrected chi connectivity index (χ4v) is 3.55. The Bertz CT molecular complexity index is 1480. The summed E-state index contributed by atoms with van der Waals surface area (Å²) in [7, 11) is 0. The van der Waals surface area contributed by atoms with Crippen LogP contribution in [0.4, 0.5) is 0 Å². The van der Waals surface area contributed by atoms with E-state index in [1.807, 2.05) is 121 Å². The molecule has 5 aromatic carbocycles. The van der Waals surface area contributed by atoms with Gasteiger partial charge < -0.3 is 14.6 Å². The average Bonchev–Trinajstić information content (AvgIpc) is 3.05. The molecule has 1 N–H and O–H groups in total. The summed E-state index contributed by atoms with van der Waals surface area (Å²) in [4.78, 5) is 33.9. The monoisotopic (exact) mass is 560 g/mol. The number of carbonyl (C=O) groups excluding carboxylic acids is 3. The first-order valence-electron chi connectivity index (χ1n) is 13.2. The smallest absolute Gasteiger partial charge is 0.342 e. The van der Waals surface area contributed by atoms with Gasteiger partial charge in [0.25, 0.3) is 0 Å². The number of hydrogen-bond acceptors (Lipinski definition) is 6.